The molecule has 0 aliphatic rings. The molecule has 0 spiro atoms. The number of aromatic nitrogens is 4. The van der Waals surface area contributed by atoms with Crippen LogP contribution in [-0.4, -0.2) is 35.1 Å². The van der Waals surface area contributed by atoms with Gasteiger partial charge in [-0.25, -0.2) is 13.4 Å². The lowest BCUT2D eigenvalue weighted by Gasteiger charge is -2.23. The third-order valence-electron chi connectivity index (χ3n) is 5.11. The number of fused-ring (bicyclic) bond motifs is 1. The fraction of sp³-hybridized carbons (Fsp3) is 0.227. The number of halogens is 1. The summed E-state index contributed by atoms with van der Waals surface area (Å²) in [5, 5.41) is 4.96. The summed E-state index contributed by atoms with van der Waals surface area (Å²) in [5.41, 5.74) is 2.75. The van der Waals surface area contributed by atoms with Crippen LogP contribution in [0, 0.1) is 20.8 Å². The first-order valence-electron chi connectivity index (χ1n) is 9.82. The second-order valence-corrected chi connectivity index (χ2v) is 9.60. The minimum absolute atomic E-state index is 0.0813. The van der Waals surface area contributed by atoms with Gasteiger partial charge >= 0.3 is 0 Å². The molecule has 4 aromatic rings. The van der Waals surface area contributed by atoms with E-state index in [0.717, 1.165) is 5.56 Å². The van der Waals surface area contributed by atoms with Crippen LogP contribution in [0.3, 0.4) is 0 Å². The number of anilines is 1. The Bertz CT molecular complexity index is 1380. The van der Waals surface area contributed by atoms with Crippen LogP contribution in [0.4, 0.5) is 5.69 Å². The van der Waals surface area contributed by atoms with E-state index in [9.17, 15) is 8.42 Å². The molecule has 0 aliphatic heterocycles. The highest BCUT2D eigenvalue weighted by molar-refractivity contribution is 7.92. The highest BCUT2D eigenvalue weighted by atomic mass is 35.5. The highest BCUT2D eigenvalue weighted by Gasteiger charge is 2.27. The number of benzene rings is 2. The van der Waals surface area contributed by atoms with Crippen molar-refractivity contribution in [3.05, 3.63) is 76.3 Å². The van der Waals surface area contributed by atoms with Gasteiger partial charge in [0.2, 0.25) is 0 Å². The Kier molecular flexibility index (Phi) is 5.79. The molecule has 0 saturated carbocycles. The first kappa shape index (κ1) is 22.0. The zero-order valence-corrected chi connectivity index (χ0v) is 19.6. The molecule has 0 fully saturated rings. The van der Waals surface area contributed by atoms with E-state index < -0.39 is 10.0 Å². The summed E-state index contributed by atoms with van der Waals surface area (Å²) >= 11 is 6.29. The van der Waals surface area contributed by atoms with E-state index in [-0.39, 0.29) is 11.4 Å². The Morgan fingerprint density at radius 2 is 1.66 bits per heavy atom. The molecule has 2 heterocycles. The predicted octanol–water partition coefficient (Wildman–Crippen LogP) is 4.11. The van der Waals surface area contributed by atoms with Gasteiger partial charge in [0.15, 0.2) is 5.82 Å². The van der Waals surface area contributed by atoms with Crippen molar-refractivity contribution < 1.29 is 13.2 Å². The fourth-order valence-corrected chi connectivity index (χ4v) is 4.83. The largest absolute Gasteiger partial charge is 0.497 e. The molecular weight excluding hydrogens is 450 g/mol. The molecule has 2 aromatic heterocycles. The van der Waals surface area contributed by atoms with Crippen molar-refractivity contribution in [1.82, 2.24) is 19.6 Å². The van der Waals surface area contributed by atoms with Gasteiger partial charge in [-0.15, -0.1) is 5.10 Å². The number of ether oxygens (including phenoxy) is 1. The van der Waals surface area contributed by atoms with Crippen molar-refractivity contribution in [1.29, 1.82) is 0 Å². The summed E-state index contributed by atoms with van der Waals surface area (Å²) in [6, 6.07) is 13.5. The molecule has 0 amide bonds. The molecule has 8 nitrogen and oxygen atoms in total. The zero-order valence-electron chi connectivity index (χ0n) is 18.1. The maximum Gasteiger partial charge on any atom is 0.264 e. The van der Waals surface area contributed by atoms with E-state index in [1.54, 1.807) is 62.6 Å². The van der Waals surface area contributed by atoms with Crippen molar-refractivity contribution in [3.63, 3.8) is 0 Å². The average molecular weight is 472 g/mol. The second-order valence-electron chi connectivity index (χ2n) is 7.36. The van der Waals surface area contributed by atoms with Gasteiger partial charge in [-0.3, -0.25) is 4.31 Å². The highest BCUT2D eigenvalue weighted by Crippen LogP contribution is 2.28. The van der Waals surface area contributed by atoms with Crippen LogP contribution < -0.4 is 9.04 Å². The van der Waals surface area contributed by atoms with E-state index in [1.807, 2.05) is 13.8 Å². The van der Waals surface area contributed by atoms with Crippen molar-refractivity contribution in [2.75, 3.05) is 11.4 Å². The van der Waals surface area contributed by atoms with Gasteiger partial charge < -0.3 is 4.74 Å². The number of hydrogen-bond donors (Lipinski definition) is 0. The number of rotatable bonds is 6. The Balaban J connectivity index is 1.81. The molecule has 4 rings (SSSR count). The van der Waals surface area contributed by atoms with Crippen LogP contribution in [-0.2, 0) is 16.6 Å². The quantitative estimate of drug-likeness (QED) is 0.420. The summed E-state index contributed by atoms with van der Waals surface area (Å²) < 4.78 is 35.2. The summed E-state index contributed by atoms with van der Waals surface area (Å²) in [6.07, 6.45) is 0. The third-order valence-corrected chi connectivity index (χ3v) is 7.44. The Morgan fingerprint density at radius 1 is 1.00 bits per heavy atom. The molecule has 0 radical (unpaired) electrons. The molecule has 2 aromatic carbocycles. The van der Waals surface area contributed by atoms with Crippen LogP contribution in [0.1, 0.15) is 22.8 Å². The van der Waals surface area contributed by atoms with Gasteiger partial charge in [0.1, 0.15) is 5.75 Å². The number of aryl methyl sites for hydroxylation is 3. The molecule has 0 atom stereocenters. The molecule has 0 bridgehead atoms. The van der Waals surface area contributed by atoms with Gasteiger partial charge in [-0.1, -0.05) is 29.3 Å². The Morgan fingerprint density at radius 3 is 2.28 bits per heavy atom. The van der Waals surface area contributed by atoms with Crippen molar-refractivity contribution in [2.45, 2.75) is 32.2 Å². The Labute approximate surface area is 191 Å². The van der Waals surface area contributed by atoms with Crippen LogP contribution in [0.25, 0.3) is 5.78 Å². The standard InChI is InChI=1S/C22H22ClN5O3S/c1-14-5-11-19(12-6-14)32(29,30)27(17-7-9-18(31-4)10-8-17)13-20-25-22-24-15(2)21(23)16(3)28(22)26-20/h5-12H,13H2,1-4H3. The number of hydrogen-bond acceptors (Lipinski definition) is 6. The predicted molar refractivity (Wildman–Crippen MR) is 123 cm³/mol. The molecule has 0 unspecified atom stereocenters. The maximum absolute atomic E-state index is 13.6. The lowest BCUT2D eigenvalue weighted by molar-refractivity contribution is 0.415. The molecule has 0 aliphatic carbocycles. The van der Waals surface area contributed by atoms with E-state index in [4.69, 9.17) is 16.3 Å². The molecule has 0 N–H and O–H groups in total. The summed E-state index contributed by atoms with van der Waals surface area (Å²) in [6.45, 7) is 5.42. The second kappa shape index (κ2) is 8.40. The van der Waals surface area contributed by atoms with Crippen molar-refractivity contribution in [2.24, 2.45) is 0 Å². The van der Waals surface area contributed by atoms with E-state index >= 15 is 0 Å². The first-order valence-corrected chi connectivity index (χ1v) is 11.6. The molecule has 10 heteroatoms. The average Bonchev–Trinajstić information content (AvgIpc) is 3.19. The lowest BCUT2D eigenvalue weighted by atomic mass is 10.2. The topological polar surface area (TPSA) is 89.7 Å². The van der Waals surface area contributed by atoms with Crippen molar-refractivity contribution in [3.8, 4) is 5.75 Å². The number of methoxy groups -OCH3 is 1. The molecular formula is C22H22ClN5O3S. The zero-order chi connectivity index (χ0) is 23.0. The molecule has 166 valence electrons. The number of nitrogens with zero attached hydrogens (tertiary/aromatic N) is 5. The molecule has 0 saturated heterocycles. The Hall–Kier alpha value is -3.17. The van der Waals surface area contributed by atoms with E-state index in [2.05, 4.69) is 15.1 Å². The smallest absolute Gasteiger partial charge is 0.264 e. The maximum atomic E-state index is 13.6. The number of sulfonamides is 1. The van der Waals surface area contributed by atoms with Crippen LogP contribution in [0.2, 0.25) is 5.02 Å². The first-order chi connectivity index (χ1) is 15.2. The molecule has 32 heavy (non-hydrogen) atoms. The van der Waals surface area contributed by atoms with E-state index in [0.29, 0.717) is 39.4 Å². The monoisotopic (exact) mass is 471 g/mol. The summed E-state index contributed by atoms with van der Waals surface area (Å²) in [4.78, 5) is 8.99. The van der Waals surface area contributed by atoms with Gasteiger partial charge in [0, 0.05) is 0 Å². The summed E-state index contributed by atoms with van der Waals surface area (Å²) in [5.74, 6) is 1.29. The van der Waals surface area contributed by atoms with Crippen LogP contribution in [0.15, 0.2) is 53.4 Å². The normalized spacial score (nSPS) is 11.7. The van der Waals surface area contributed by atoms with Crippen molar-refractivity contribution >= 4 is 33.1 Å². The van der Waals surface area contributed by atoms with Gasteiger partial charge in [0.25, 0.3) is 15.8 Å². The van der Waals surface area contributed by atoms with E-state index in [1.165, 1.54) is 8.82 Å². The minimum Gasteiger partial charge on any atom is -0.497 e. The van der Waals surface area contributed by atoms with Gasteiger partial charge in [0.05, 0.1) is 40.6 Å². The van der Waals surface area contributed by atoms with Crippen LogP contribution >= 0.6 is 11.6 Å². The lowest BCUT2D eigenvalue weighted by Crippen LogP contribution is -2.31. The van der Waals surface area contributed by atoms with Gasteiger partial charge in [-0.05, 0) is 57.2 Å². The minimum atomic E-state index is -3.90. The fourth-order valence-electron chi connectivity index (χ4n) is 3.29. The SMILES string of the molecule is COc1ccc(N(Cc2nc3nc(C)c(Cl)c(C)n3n2)S(=O)(=O)c2ccc(C)cc2)cc1. The third kappa shape index (κ3) is 4.01. The van der Waals surface area contributed by atoms with Gasteiger partial charge in [-0.2, -0.15) is 9.50 Å². The van der Waals surface area contributed by atoms with Crippen LogP contribution in [0.5, 0.6) is 5.75 Å². The summed E-state index contributed by atoms with van der Waals surface area (Å²) in [7, 11) is -2.34.